The third-order valence-electron chi connectivity index (χ3n) is 1.39. The van der Waals surface area contributed by atoms with E-state index >= 15 is 0 Å². The number of hydrogen-bond donors (Lipinski definition) is 0. The summed E-state index contributed by atoms with van der Waals surface area (Å²) >= 11 is 0. The summed E-state index contributed by atoms with van der Waals surface area (Å²) in [4.78, 5) is 9.67. The maximum atomic E-state index is 10.0. The van der Waals surface area contributed by atoms with Crippen LogP contribution < -0.4 is 0 Å². The smallest absolute Gasteiger partial charge is 0.315 e. The first kappa shape index (κ1) is 6.48. The van der Waals surface area contributed by atoms with Crippen molar-refractivity contribution in [3.63, 3.8) is 0 Å². The molecule has 0 aromatic rings. The highest BCUT2D eigenvalue weighted by atomic mass is 16.7. The predicted octanol–water partition coefficient (Wildman–Crippen LogP) is 0.790. The number of nitrogens with zero attached hydrogens (tertiary/aromatic N) is 1. The first-order valence-corrected chi connectivity index (χ1v) is 3.06. The summed E-state index contributed by atoms with van der Waals surface area (Å²) in [6.07, 6.45) is 1.74. The Labute approximate surface area is 53.0 Å². The number of rotatable bonds is 1. The summed E-state index contributed by atoms with van der Waals surface area (Å²) in [6.45, 7) is 0.547. The minimum absolute atomic E-state index is 0.362. The molecule has 1 saturated heterocycles. The summed E-state index contributed by atoms with van der Waals surface area (Å²) in [6, 6.07) is 0. The number of ether oxygens (including phenoxy) is 1. The molecule has 1 unspecified atom stereocenters. The molecule has 1 heterocycles. The van der Waals surface area contributed by atoms with Gasteiger partial charge in [0.25, 0.3) is 0 Å². The molecule has 1 aliphatic heterocycles. The molecule has 1 fully saturated rings. The third kappa shape index (κ3) is 1.64. The second kappa shape index (κ2) is 2.77. The standard InChI is InChI=1S/C5H9NO3/c7-6(8)5-3-1-2-4-9-5/h5H,1-4H2. The molecule has 0 bridgehead atoms. The first-order chi connectivity index (χ1) is 4.30. The molecule has 9 heavy (non-hydrogen) atoms. The van der Waals surface area contributed by atoms with E-state index in [2.05, 4.69) is 0 Å². The van der Waals surface area contributed by atoms with Crippen LogP contribution in [-0.2, 0) is 4.74 Å². The minimum Gasteiger partial charge on any atom is -0.317 e. The highest BCUT2D eigenvalue weighted by molar-refractivity contribution is 4.51. The maximum absolute atomic E-state index is 10.0. The van der Waals surface area contributed by atoms with Crippen LogP contribution in [0.5, 0.6) is 0 Å². The van der Waals surface area contributed by atoms with Crippen molar-refractivity contribution in [1.82, 2.24) is 0 Å². The summed E-state index contributed by atoms with van der Waals surface area (Å²) in [7, 11) is 0. The van der Waals surface area contributed by atoms with Crippen LogP contribution in [0.4, 0.5) is 0 Å². The molecule has 1 aliphatic rings. The summed E-state index contributed by atoms with van der Waals surface area (Å²) in [5.74, 6) is 0. The Balaban J connectivity index is 2.31. The Hall–Kier alpha value is -0.640. The van der Waals surface area contributed by atoms with E-state index in [-0.39, 0.29) is 4.92 Å². The van der Waals surface area contributed by atoms with Gasteiger partial charge in [-0.3, -0.25) is 10.1 Å². The molecule has 0 spiro atoms. The highest BCUT2D eigenvalue weighted by Crippen LogP contribution is 2.12. The summed E-state index contributed by atoms with van der Waals surface area (Å²) in [5.41, 5.74) is 0. The van der Waals surface area contributed by atoms with Gasteiger partial charge in [0.05, 0.1) is 11.5 Å². The SMILES string of the molecule is O=[N+]([O-])C1CCCCO1. The van der Waals surface area contributed by atoms with Crippen LogP contribution in [0.25, 0.3) is 0 Å². The zero-order chi connectivity index (χ0) is 6.69. The van der Waals surface area contributed by atoms with Gasteiger partial charge in [0.1, 0.15) is 0 Å². The summed E-state index contributed by atoms with van der Waals surface area (Å²) < 4.78 is 4.84. The average molecular weight is 131 g/mol. The molecule has 0 aliphatic carbocycles. The fourth-order valence-corrected chi connectivity index (χ4v) is 0.890. The van der Waals surface area contributed by atoms with Crippen molar-refractivity contribution in [1.29, 1.82) is 0 Å². The van der Waals surface area contributed by atoms with E-state index in [1.807, 2.05) is 0 Å². The van der Waals surface area contributed by atoms with Gasteiger partial charge >= 0.3 is 6.23 Å². The van der Waals surface area contributed by atoms with Gasteiger partial charge in [0.15, 0.2) is 0 Å². The van der Waals surface area contributed by atoms with E-state index in [9.17, 15) is 10.1 Å². The Morgan fingerprint density at radius 1 is 1.56 bits per heavy atom. The van der Waals surface area contributed by atoms with Gasteiger partial charge in [-0.2, -0.15) is 0 Å². The van der Waals surface area contributed by atoms with E-state index in [4.69, 9.17) is 4.74 Å². The van der Waals surface area contributed by atoms with Gasteiger partial charge < -0.3 is 4.74 Å². The van der Waals surface area contributed by atoms with Crippen molar-refractivity contribution >= 4 is 0 Å². The molecule has 0 aromatic carbocycles. The topological polar surface area (TPSA) is 52.4 Å². The first-order valence-electron chi connectivity index (χ1n) is 3.06. The molecule has 1 rings (SSSR count). The Morgan fingerprint density at radius 2 is 2.33 bits per heavy atom. The van der Waals surface area contributed by atoms with Crippen LogP contribution in [0.3, 0.4) is 0 Å². The average Bonchev–Trinajstić information content (AvgIpc) is 1.90. The van der Waals surface area contributed by atoms with Crippen LogP contribution in [0.1, 0.15) is 19.3 Å². The van der Waals surface area contributed by atoms with Crippen LogP contribution >= 0.6 is 0 Å². The Kier molecular flexibility index (Phi) is 2.00. The highest BCUT2D eigenvalue weighted by Gasteiger charge is 2.22. The molecule has 0 amide bonds. The molecule has 0 N–H and O–H groups in total. The van der Waals surface area contributed by atoms with Gasteiger partial charge in [-0.25, -0.2) is 0 Å². The molecule has 1 atom stereocenters. The van der Waals surface area contributed by atoms with Gasteiger partial charge in [0, 0.05) is 6.42 Å². The van der Waals surface area contributed by atoms with E-state index in [0.717, 1.165) is 12.8 Å². The third-order valence-corrected chi connectivity index (χ3v) is 1.39. The normalized spacial score (nSPS) is 27.8. The molecule has 4 heteroatoms. The van der Waals surface area contributed by atoms with Crippen molar-refractivity contribution in [2.24, 2.45) is 0 Å². The van der Waals surface area contributed by atoms with Gasteiger partial charge in [0.2, 0.25) is 0 Å². The van der Waals surface area contributed by atoms with Crippen molar-refractivity contribution in [3.8, 4) is 0 Å². The van der Waals surface area contributed by atoms with Crippen molar-refractivity contribution in [3.05, 3.63) is 10.1 Å². The molecule has 0 radical (unpaired) electrons. The lowest BCUT2D eigenvalue weighted by Crippen LogP contribution is -2.26. The lowest BCUT2D eigenvalue weighted by atomic mass is 10.2. The van der Waals surface area contributed by atoms with Crippen LogP contribution in [0.15, 0.2) is 0 Å². The van der Waals surface area contributed by atoms with E-state index in [1.54, 1.807) is 0 Å². The molecule has 0 saturated carbocycles. The number of nitro groups is 1. The van der Waals surface area contributed by atoms with Crippen molar-refractivity contribution in [2.75, 3.05) is 6.61 Å². The largest absolute Gasteiger partial charge is 0.317 e. The molecule has 52 valence electrons. The predicted molar refractivity (Wildman–Crippen MR) is 30.6 cm³/mol. The second-order valence-electron chi connectivity index (χ2n) is 2.11. The lowest BCUT2D eigenvalue weighted by Gasteiger charge is -2.14. The molecular formula is C5H9NO3. The van der Waals surface area contributed by atoms with Crippen molar-refractivity contribution < 1.29 is 9.66 Å². The molecular weight excluding hydrogens is 122 g/mol. The van der Waals surface area contributed by atoms with Crippen LogP contribution in [-0.4, -0.2) is 17.8 Å². The maximum Gasteiger partial charge on any atom is 0.315 e. The molecule has 4 nitrogen and oxygen atoms in total. The van der Waals surface area contributed by atoms with E-state index in [0.29, 0.717) is 13.0 Å². The Morgan fingerprint density at radius 3 is 2.67 bits per heavy atom. The monoisotopic (exact) mass is 131 g/mol. The van der Waals surface area contributed by atoms with Crippen molar-refractivity contribution in [2.45, 2.75) is 25.5 Å². The van der Waals surface area contributed by atoms with E-state index in [1.165, 1.54) is 0 Å². The lowest BCUT2D eigenvalue weighted by molar-refractivity contribution is -0.580. The van der Waals surface area contributed by atoms with Gasteiger partial charge in [-0.1, -0.05) is 0 Å². The second-order valence-corrected chi connectivity index (χ2v) is 2.11. The fraction of sp³-hybridized carbons (Fsp3) is 1.00. The quantitative estimate of drug-likeness (QED) is 0.390. The fourth-order valence-electron chi connectivity index (χ4n) is 0.890. The van der Waals surface area contributed by atoms with Crippen LogP contribution in [0, 0.1) is 10.1 Å². The van der Waals surface area contributed by atoms with Gasteiger partial charge in [-0.15, -0.1) is 0 Å². The summed E-state index contributed by atoms with van der Waals surface area (Å²) in [5, 5.41) is 10.0. The zero-order valence-corrected chi connectivity index (χ0v) is 5.08. The van der Waals surface area contributed by atoms with Gasteiger partial charge in [-0.05, 0) is 12.8 Å². The van der Waals surface area contributed by atoms with E-state index < -0.39 is 6.23 Å². The molecule has 0 aromatic heterocycles. The minimum atomic E-state index is -0.723. The Bertz CT molecular complexity index is 109. The van der Waals surface area contributed by atoms with Crippen LogP contribution in [0.2, 0.25) is 0 Å². The zero-order valence-electron chi connectivity index (χ0n) is 5.08. The number of hydrogen-bond acceptors (Lipinski definition) is 3.